The third kappa shape index (κ3) is 6.41. The van der Waals surface area contributed by atoms with Gasteiger partial charge in [0.25, 0.3) is 0 Å². The molecule has 1 fully saturated rings. The number of nitrogens with one attached hydrogen (secondary N) is 1. The van der Waals surface area contributed by atoms with Crippen molar-refractivity contribution >= 4 is 11.8 Å². The molecule has 1 saturated heterocycles. The highest BCUT2D eigenvalue weighted by Gasteiger charge is 2.20. The first-order valence-electron chi connectivity index (χ1n) is 7.53. The summed E-state index contributed by atoms with van der Waals surface area (Å²) in [5.74, 6) is -0.395. The first kappa shape index (κ1) is 17.9. The molecule has 0 atom stereocenters. The second-order valence-corrected chi connectivity index (χ2v) is 5.81. The number of amides is 2. The number of rotatable bonds is 7. The SMILES string of the molecule is CN1CCC(N(C)CCN(C)C(=O)CNC(=O)CN)CC1. The summed E-state index contributed by atoms with van der Waals surface area (Å²) in [7, 11) is 6.03. The smallest absolute Gasteiger partial charge is 0.241 e. The molecule has 2 amide bonds. The molecule has 0 spiro atoms. The van der Waals surface area contributed by atoms with Gasteiger partial charge in [0.15, 0.2) is 0 Å². The van der Waals surface area contributed by atoms with Crippen LogP contribution in [0.1, 0.15) is 12.8 Å². The molecule has 0 aromatic carbocycles. The topological polar surface area (TPSA) is 81.9 Å². The van der Waals surface area contributed by atoms with Crippen LogP contribution >= 0.6 is 0 Å². The Morgan fingerprint density at radius 3 is 2.43 bits per heavy atom. The Kier molecular flexibility index (Phi) is 7.63. The van der Waals surface area contributed by atoms with Gasteiger partial charge in [0, 0.05) is 26.2 Å². The van der Waals surface area contributed by atoms with E-state index in [1.165, 1.54) is 12.8 Å². The summed E-state index contributed by atoms with van der Waals surface area (Å²) in [5, 5.41) is 2.49. The zero-order chi connectivity index (χ0) is 15.8. The highest BCUT2D eigenvalue weighted by Crippen LogP contribution is 2.13. The van der Waals surface area contributed by atoms with E-state index in [1.807, 2.05) is 0 Å². The molecule has 0 aromatic heterocycles. The molecule has 1 rings (SSSR count). The van der Waals surface area contributed by atoms with E-state index in [0.29, 0.717) is 12.6 Å². The van der Waals surface area contributed by atoms with Crippen LogP contribution in [0.15, 0.2) is 0 Å². The van der Waals surface area contributed by atoms with Gasteiger partial charge in [-0.3, -0.25) is 9.59 Å². The minimum absolute atomic E-state index is 0.0183. The lowest BCUT2D eigenvalue weighted by Crippen LogP contribution is -2.46. The Morgan fingerprint density at radius 2 is 1.86 bits per heavy atom. The predicted molar refractivity (Wildman–Crippen MR) is 82.9 cm³/mol. The van der Waals surface area contributed by atoms with Crippen LogP contribution in [0.2, 0.25) is 0 Å². The Bertz CT molecular complexity index is 342. The second kappa shape index (κ2) is 8.96. The van der Waals surface area contributed by atoms with Gasteiger partial charge in [-0.15, -0.1) is 0 Å². The summed E-state index contributed by atoms with van der Waals surface area (Å²) >= 11 is 0. The summed E-state index contributed by atoms with van der Waals surface area (Å²) in [6, 6.07) is 0.599. The molecule has 1 aliphatic heterocycles. The average molecular weight is 299 g/mol. The molecular formula is C14H29N5O2. The maximum absolute atomic E-state index is 11.8. The van der Waals surface area contributed by atoms with Gasteiger partial charge in [-0.1, -0.05) is 0 Å². The number of nitrogens with two attached hydrogens (primary N) is 1. The lowest BCUT2D eigenvalue weighted by Gasteiger charge is -2.35. The van der Waals surface area contributed by atoms with Gasteiger partial charge < -0.3 is 25.8 Å². The zero-order valence-corrected chi connectivity index (χ0v) is 13.5. The second-order valence-electron chi connectivity index (χ2n) is 5.81. The van der Waals surface area contributed by atoms with Crippen LogP contribution in [0.4, 0.5) is 0 Å². The normalized spacial score (nSPS) is 17.0. The lowest BCUT2D eigenvalue weighted by atomic mass is 10.0. The van der Waals surface area contributed by atoms with Gasteiger partial charge >= 0.3 is 0 Å². The minimum Gasteiger partial charge on any atom is -0.346 e. The number of nitrogens with zero attached hydrogens (tertiary/aromatic N) is 3. The van der Waals surface area contributed by atoms with E-state index in [-0.39, 0.29) is 24.9 Å². The van der Waals surface area contributed by atoms with Crippen molar-refractivity contribution in [1.82, 2.24) is 20.0 Å². The molecule has 0 aliphatic carbocycles. The molecule has 1 heterocycles. The van der Waals surface area contributed by atoms with E-state index in [1.54, 1.807) is 11.9 Å². The fraction of sp³-hybridized carbons (Fsp3) is 0.857. The summed E-state index contributed by atoms with van der Waals surface area (Å²) < 4.78 is 0. The Morgan fingerprint density at radius 1 is 1.24 bits per heavy atom. The van der Waals surface area contributed by atoms with Gasteiger partial charge in [0.1, 0.15) is 0 Å². The number of hydrogen-bond acceptors (Lipinski definition) is 5. The van der Waals surface area contributed by atoms with Gasteiger partial charge in [-0.25, -0.2) is 0 Å². The quantitative estimate of drug-likeness (QED) is 0.601. The monoisotopic (exact) mass is 299 g/mol. The number of likely N-dealkylation sites (N-methyl/N-ethyl adjacent to an activating group) is 2. The van der Waals surface area contributed by atoms with Crippen LogP contribution in [0.3, 0.4) is 0 Å². The molecule has 7 nitrogen and oxygen atoms in total. The molecule has 3 N–H and O–H groups in total. The zero-order valence-electron chi connectivity index (χ0n) is 13.5. The molecule has 0 radical (unpaired) electrons. The Balaban J connectivity index is 2.23. The van der Waals surface area contributed by atoms with Crippen molar-refractivity contribution in [2.45, 2.75) is 18.9 Å². The minimum atomic E-state index is -0.305. The largest absolute Gasteiger partial charge is 0.346 e. The lowest BCUT2D eigenvalue weighted by molar-refractivity contribution is -0.131. The van der Waals surface area contributed by atoms with Crippen LogP contribution in [0, 0.1) is 0 Å². The standard InChI is InChI=1S/C14H29N5O2/c1-17-6-4-12(5-7-17)18(2)8-9-19(3)14(21)11-16-13(20)10-15/h12H,4-11,15H2,1-3H3,(H,16,20). The van der Waals surface area contributed by atoms with Gasteiger partial charge in [0.05, 0.1) is 13.1 Å². The Labute approximate surface area is 127 Å². The van der Waals surface area contributed by atoms with E-state index in [2.05, 4.69) is 29.2 Å². The van der Waals surface area contributed by atoms with Crippen molar-refractivity contribution in [3.8, 4) is 0 Å². The fourth-order valence-electron chi connectivity index (χ4n) is 2.43. The predicted octanol–water partition coefficient (Wildman–Crippen LogP) is -1.45. The number of likely N-dealkylation sites (tertiary alicyclic amines) is 1. The van der Waals surface area contributed by atoms with Crippen molar-refractivity contribution in [3.63, 3.8) is 0 Å². The van der Waals surface area contributed by atoms with Crippen LogP contribution in [-0.2, 0) is 9.59 Å². The van der Waals surface area contributed by atoms with Crippen molar-refractivity contribution in [3.05, 3.63) is 0 Å². The van der Waals surface area contributed by atoms with Gasteiger partial charge in [-0.05, 0) is 40.0 Å². The van der Waals surface area contributed by atoms with E-state index in [0.717, 1.165) is 19.6 Å². The molecule has 0 bridgehead atoms. The summed E-state index contributed by atoms with van der Waals surface area (Å²) in [6.45, 7) is 3.71. The molecule has 0 aromatic rings. The fourth-order valence-corrected chi connectivity index (χ4v) is 2.43. The molecule has 0 saturated carbocycles. The highest BCUT2D eigenvalue weighted by atomic mass is 16.2. The van der Waals surface area contributed by atoms with Crippen molar-refractivity contribution < 1.29 is 9.59 Å². The number of carbonyl (C=O) groups excluding carboxylic acids is 2. The van der Waals surface area contributed by atoms with Crippen LogP contribution in [0.5, 0.6) is 0 Å². The van der Waals surface area contributed by atoms with Crippen LogP contribution < -0.4 is 11.1 Å². The van der Waals surface area contributed by atoms with Crippen molar-refractivity contribution in [1.29, 1.82) is 0 Å². The molecule has 7 heteroatoms. The number of piperidine rings is 1. The molecule has 122 valence electrons. The third-order valence-corrected chi connectivity index (χ3v) is 4.15. The molecular weight excluding hydrogens is 270 g/mol. The Hall–Kier alpha value is -1.18. The summed E-state index contributed by atoms with van der Waals surface area (Å²) in [6.07, 6.45) is 2.36. The van der Waals surface area contributed by atoms with E-state index < -0.39 is 0 Å². The van der Waals surface area contributed by atoms with Crippen LogP contribution in [-0.4, -0.2) is 93.0 Å². The first-order valence-corrected chi connectivity index (χ1v) is 7.53. The van der Waals surface area contributed by atoms with Crippen molar-refractivity contribution in [2.75, 3.05) is 60.4 Å². The van der Waals surface area contributed by atoms with E-state index >= 15 is 0 Å². The average Bonchev–Trinajstić information content (AvgIpc) is 2.50. The van der Waals surface area contributed by atoms with Crippen LogP contribution in [0.25, 0.3) is 0 Å². The maximum Gasteiger partial charge on any atom is 0.241 e. The maximum atomic E-state index is 11.8. The third-order valence-electron chi connectivity index (χ3n) is 4.15. The van der Waals surface area contributed by atoms with Gasteiger partial charge in [0.2, 0.25) is 11.8 Å². The number of carbonyl (C=O) groups is 2. The first-order chi connectivity index (χ1) is 9.93. The van der Waals surface area contributed by atoms with Gasteiger partial charge in [-0.2, -0.15) is 0 Å². The van der Waals surface area contributed by atoms with E-state index in [9.17, 15) is 9.59 Å². The molecule has 0 unspecified atom stereocenters. The molecule has 21 heavy (non-hydrogen) atoms. The highest BCUT2D eigenvalue weighted by molar-refractivity contribution is 5.85. The summed E-state index contributed by atoms with van der Waals surface area (Å²) in [4.78, 5) is 29.2. The molecule has 1 aliphatic rings. The van der Waals surface area contributed by atoms with E-state index in [4.69, 9.17) is 5.73 Å². The van der Waals surface area contributed by atoms with Crippen molar-refractivity contribution in [2.24, 2.45) is 5.73 Å². The summed E-state index contributed by atoms with van der Waals surface area (Å²) in [5.41, 5.74) is 5.18. The number of hydrogen-bond donors (Lipinski definition) is 2.